The zero-order chi connectivity index (χ0) is 12.2. The minimum absolute atomic E-state index is 0.676. The maximum absolute atomic E-state index is 5.44. The minimum Gasteiger partial charge on any atom is -0.444 e. The summed E-state index contributed by atoms with van der Waals surface area (Å²) in [6.07, 6.45) is 5.15. The summed E-state index contributed by atoms with van der Waals surface area (Å²) < 4.78 is 5.44. The van der Waals surface area contributed by atoms with E-state index < -0.39 is 0 Å². The lowest BCUT2D eigenvalue weighted by molar-refractivity contribution is 0.575. The van der Waals surface area contributed by atoms with E-state index >= 15 is 0 Å². The molecule has 90 valence electrons. The van der Waals surface area contributed by atoms with Crippen LogP contribution in [-0.2, 0) is 5.75 Å². The molecule has 0 aliphatic rings. The first-order valence-corrected chi connectivity index (χ1v) is 7.16. The molecular formula is C12H9N3OS2. The van der Waals surface area contributed by atoms with Crippen LogP contribution < -0.4 is 0 Å². The van der Waals surface area contributed by atoms with E-state index in [2.05, 4.69) is 15.0 Å². The van der Waals surface area contributed by atoms with Gasteiger partial charge < -0.3 is 4.42 Å². The molecule has 3 heterocycles. The Bertz CT molecular complexity index is 607. The van der Waals surface area contributed by atoms with Gasteiger partial charge in [-0.15, -0.1) is 11.3 Å². The quantitative estimate of drug-likeness (QED) is 0.539. The minimum atomic E-state index is 0.676. The Kier molecular flexibility index (Phi) is 3.38. The van der Waals surface area contributed by atoms with Crippen molar-refractivity contribution in [3.8, 4) is 10.8 Å². The highest BCUT2D eigenvalue weighted by molar-refractivity contribution is 7.98. The van der Waals surface area contributed by atoms with Crippen molar-refractivity contribution in [2.75, 3.05) is 0 Å². The van der Waals surface area contributed by atoms with Crippen LogP contribution >= 0.6 is 23.1 Å². The van der Waals surface area contributed by atoms with Crippen molar-refractivity contribution < 1.29 is 4.42 Å². The second kappa shape index (κ2) is 5.32. The highest BCUT2D eigenvalue weighted by Gasteiger charge is 2.08. The van der Waals surface area contributed by atoms with Crippen molar-refractivity contribution in [2.24, 2.45) is 0 Å². The first kappa shape index (κ1) is 11.4. The average Bonchev–Trinajstić information content (AvgIpc) is 3.08. The number of thiophene rings is 1. The Hall–Kier alpha value is -1.66. The maximum Gasteiger partial charge on any atom is 0.236 e. The standard InChI is InChI=1S/C12H9N3OS2/c1-3-10(17-6-1)11-15-9(7-16-11)8-18-12-13-4-2-5-14-12/h1-7H,8H2. The summed E-state index contributed by atoms with van der Waals surface area (Å²) in [5.41, 5.74) is 0.899. The summed E-state index contributed by atoms with van der Waals surface area (Å²) in [7, 11) is 0. The third kappa shape index (κ3) is 2.60. The Morgan fingerprint density at radius 2 is 2.11 bits per heavy atom. The zero-order valence-corrected chi connectivity index (χ0v) is 10.9. The lowest BCUT2D eigenvalue weighted by Crippen LogP contribution is -1.85. The highest BCUT2D eigenvalue weighted by atomic mass is 32.2. The normalized spacial score (nSPS) is 10.7. The number of rotatable bonds is 4. The summed E-state index contributed by atoms with van der Waals surface area (Å²) >= 11 is 3.16. The van der Waals surface area contributed by atoms with Gasteiger partial charge in [0.05, 0.1) is 10.6 Å². The van der Waals surface area contributed by atoms with Crippen LogP contribution in [0.3, 0.4) is 0 Å². The monoisotopic (exact) mass is 275 g/mol. The summed E-state index contributed by atoms with van der Waals surface area (Å²) in [4.78, 5) is 13.8. The second-order valence-corrected chi connectivity index (χ2v) is 5.33. The predicted octanol–water partition coefficient (Wildman–Crippen LogP) is 3.49. The number of nitrogens with zero attached hydrogens (tertiary/aromatic N) is 3. The molecule has 3 aromatic heterocycles. The molecule has 0 bridgehead atoms. The SMILES string of the molecule is c1cnc(SCc2coc(-c3cccs3)n2)nc1. The number of hydrogen-bond acceptors (Lipinski definition) is 6. The highest BCUT2D eigenvalue weighted by Crippen LogP contribution is 2.25. The van der Waals surface area contributed by atoms with E-state index in [-0.39, 0.29) is 0 Å². The molecule has 3 aromatic rings. The molecule has 0 radical (unpaired) electrons. The fourth-order valence-electron chi connectivity index (χ4n) is 1.39. The molecule has 4 nitrogen and oxygen atoms in total. The number of aromatic nitrogens is 3. The molecule has 6 heteroatoms. The first-order valence-electron chi connectivity index (χ1n) is 5.30. The molecule has 0 aliphatic heterocycles. The van der Waals surface area contributed by atoms with Crippen molar-refractivity contribution in [1.29, 1.82) is 0 Å². The molecule has 18 heavy (non-hydrogen) atoms. The van der Waals surface area contributed by atoms with Gasteiger partial charge >= 0.3 is 0 Å². The summed E-state index contributed by atoms with van der Waals surface area (Å²) in [5.74, 6) is 1.38. The molecule has 0 N–H and O–H groups in total. The molecule has 0 saturated carbocycles. The summed E-state index contributed by atoms with van der Waals surface area (Å²) in [5, 5.41) is 2.75. The van der Waals surface area contributed by atoms with Crippen molar-refractivity contribution in [3.05, 3.63) is 47.9 Å². The van der Waals surface area contributed by atoms with Gasteiger partial charge in [0.2, 0.25) is 5.89 Å². The second-order valence-electron chi connectivity index (χ2n) is 3.44. The molecule has 0 fully saturated rings. The molecule has 0 atom stereocenters. The molecule has 0 aliphatic carbocycles. The van der Waals surface area contributed by atoms with E-state index in [0.717, 1.165) is 15.7 Å². The zero-order valence-electron chi connectivity index (χ0n) is 9.31. The average molecular weight is 275 g/mol. The topological polar surface area (TPSA) is 51.8 Å². The van der Waals surface area contributed by atoms with Crippen molar-refractivity contribution in [1.82, 2.24) is 15.0 Å². The molecule has 0 amide bonds. The van der Waals surface area contributed by atoms with Crippen molar-refractivity contribution in [3.63, 3.8) is 0 Å². The van der Waals surface area contributed by atoms with E-state index in [9.17, 15) is 0 Å². The van der Waals surface area contributed by atoms with Crippen LogP contribution in [-0.4, -0.2) is 15.0 Å². The van der Waals surface area contributed by atoms with E-state index in [1.54, 1.807) is 47.8 Å². The Balaban J connectivity index is 1.68. The van der Waals surface area contributed by atoms with Crippen molar-refractivity contribution >= 4 is 23.1 Å². The molecule has 0 spiro atoms. The van der Waals surface area contributed by atoms with Crippen molar-refractivity contribution in [2.45, 2.75) is 10.9 Å². The molecule has 3 rings (SSSR count). The molecule has 0 unspecified atom stereocenters. The predicted molar refractivity (Wildman–Crippen MR) is 71.4 cm³/mol. The van der Waals surface area contributed by atoms with Crippen LogP contribution in [0.25, 0.3) is 10.8 Å². The van der Waals surface area contributed by atoms with Crippen LogP contribution in [0.4, 0.5) is 0 Å². The third-order valence-corrected chi connectivity index (χ3v) is 3.94. The van der Waals surface area contributed by atoms with Gasteiger partial charge in [-0.1, -0.05) is 17.8 Å². The van der Waals surface area contributed by atoms with Crippen LogP contribution in [0.5, 0.6) is 0 Å². The Morgan fingerprint density at radius 1 is 1.22 bits per heavy atom. The van der Waals surface area contributed by atoms with Gasteiger partial charge in [0.1, 0.15) is 6.26 Å². The van der Waals surface area contributed by atoms with Gasteiger partial charge in [-0.2, -0.15) is 0 Å². The number of hydrogen-bond donors (Lipinski definition) is 0. The van der Waals surface area contributed by atoms with Crippen LogP contribution in [0.15, 0.2) is 51.8 Å². The third-order valence-electron chi connectivity index (χ3n) is 2.17. The Morgan fingerprint density at radius 3 is 2.89 bits per heavy atom. The maximum atomic E-state index is 5.44. The van der Waals surface area contributed by atoms with Gasteiger partial charge in [-0.3, -0.25) is 0 Å². The van der Waals surface area contributed by atoms with E-state index in [1.807, 2.05) is 17.5 Å². The van der Waals surface area contributed by atoms with Gasteiger partial charge in [-0.05, 0) is 17.5 Å². The number of oxazole rings is 1. The number of thioether (sulfide) groups is 1. The lowest BCUT2D eigenvalue weighted by Gasteiger charge is -1.94. The summed E-state index contributed by atoms with van der Waals surface area (Å²) in [6.45, 7) is 0. The van der Waals surface area contributed by atoms with Crippen LogP contribution in [0.2, 0.25) is 0 Å². The Labute approximate surface area is 112 Å². The van der Waals surface area contributed by atoms with Crippen LogP contribution in [0.1, 0.15) is 5.69 Å². The molecular weight excluding hydrogens is 266 g/mol. The van der Waals surface area contributed by atoms with Gasteiger partial charge in [-0.25, -0.2) is 15.0 Å². The fourth-order valence-corrected chi connectivity index (χ4v) is 2.72. The van der Waals surface area contributed by atoms with E-state index in [1.165, 1.54) is 0 Å². The molecule has 0 aromatic carbocycles. The van der Waals surface area contributed by atoms with Crippen LogP contribution in [0, 0.1) is 0 Å². The van der Waals surface area contributed by atoms with E-state index in [0.29, 0.717) is 11.6 Å². The molecule has 0 saturated heterocycles. The van der Waals surface area contributed by atoms with Gasteiger partial charge in [0.15, 0.2) is 5.16 Å². The van der Waals surface area contributed by atoms with Gasteiger partial charge in [0.25, 0.3) is 0 Å². The van der Waals surface area contributed by atoms with Gasteiger partial charge in [0, 0.05) is 18.1 Å². The van der Waals surface area contributed by atoms with E-state index in [4.69, 9.17) is 4.42 Å². The lowest BCUT2D eigenvalue weighted by atomic mass is 10.5. The summed E-state index contributed by atoms with van der Waals surface area (Å²) in [6, 6.07) is 5.78. The smallest absolute Gasteiger partial charge is 0.236 e. The largest absolute Gasteiger partial charge is 0.444 e. The first-order chi connectivity index (χ1) is 8.92. The fraction of sp³-hybridized carbons (Fsp3) is 0.0833.